The molecule has 0 bridgehead atoms. The Morgan fingerprint density at radius 1 is 1.36 bits per heavy atom. The van der Waals surface area contributed by atoms with Gasteiger partial charge in [0.1, 0.15) is 0 Å². The van der Waals surface area contributed by atoms with Gasteiger partial charge in [-0.2, -0.15) is 8.78 Å². The fourth-order valence-corrected chi connectivity index (χ4v) is 1.72. The molecule has 3 nitrogen and oxygen atoms in total. The molecule has 0 saturated carbocycles. The lowest BCUT2D eigenvalue weighted by Gasteiger charge is -2.15. The van der Waals surface area contributed by atoms with E-state index >= 15 is 0 Å². The molecule has 0 aromatic rings. The number of hydrogen-bond acceptors (Lipinski definition) is 2. The van der Waals surface area contributed by atoms with E-state index in [0.29, 0.717) is 0 Å². The molecule has 0 unspecified atom stereocenters. The average molecular weight is 237 g/mol. The Balaban J connectivity index is 4.19. The Hall–Kier alpha value is -0.370. The monoisotopic (exact) mass is 237 g/mol. The quantitative estimate of drug-likeness (QED) is 0.706. The number of nitrogens with one attached hydrogen (secondary N) is 1. The summed E-state index contributed by atoms with van der Waals surface area (Å²) in [6.07, 6.45) is -3.64. The lowest BCUT2D eigenvalue weighted by molar-refractivity contribution is -0.122. The predicted octanol–water partition coefficient (Wildman–Crippen LogP) is 1.22. The SMILES string of the molecule is CCCS(=O)(=O)NCC(F)(F)C(F)F. The fraction of sp³-hybridized carbons (Fsp3) is 1.00. The number of rotatable bonds is 6. The molecule has 0 atom stereocenters. The van der Waals surface area contributed by atoms with Crippen LogP contribution >= 0.6 is 0 Å². The van der Waals surface area contributed by atoms with Crippen LogP contribution in [0.25, 0.3) is 0 Å². The van der Waals surface area contributed by atoms with Crippen molar-refractivity contribution >= 4 is 10.0 Å². The first-order valence-electron chi connectivity index (χ1n) is 3.84. The second-order valence-corrected chi connectivity index (χ2v) is 4.63. The van der Waals surface area contributed by atoms with Crippen LogP contribution in [0.4, 0.5) is 17.6 Å². The first-order chi connectivity index (χ1) is 6.21. The van der Waals surface area contributed by atoms with Crippen LogP contribution in [0.1, 0.15) is 13.3 Å². The molecule has 0 aliphatic carbocycles. The lowest BCUT2D eigenvalue weighted by Crippen LogP contribution is -2.42. The van der Waals surface area contributed by atoms with E-state index in [1.807, 2.05) is 0 Å². The van der Waals surface area contributed by atoms with Gasteiger partial charge >= 0.3 is 12.3 Å². The van der Waals surface area contributed by atoms with E-state index in [-0.39, 0.29) is 12.2 Å². The Bertz CT molecular complexity index is 265. The van der Waals surface area contributed by atoms with E-state index in [2.05, 4.69) is 0 Å². The van der Waals surface area contributed by atoms with Crippen molar-refractivity contribution in [2.24, 2.45) is 0 Å². The summed E-state index contributed by atoms with van der Waals surface area (Å²) in [7, 11) is -3.86. The maximum atomic E-state index is 12.2. The summed E-state index contributed by atoms with van der Waals surface area (Å²) < 4.78 is 70.7. The van der Waals surface area contributed by atoms with E-state index in [1.54, 1.807) is 0 Å². The van der Waals surface area contributed by atoms with Crippen molar-refractivity contribution in [2.45, 2.75) is 25.7 Å². The molecule has 0 radical (unpaired) electrons. The summed E-state index contributed by atoms with van der Waals surface area (Å²) >= 11 is 0. The van der Waals surface area contributed by atoms with Crippen LogP contribution in [-0.2, 0) is 10.0 Å². The van der Waals surface area contributed by atoms with Gasteiger partial charge in [-0.3, -0.25) is 0 Å². The van der Waals surface area contributed by atoms with Crippen molar-refractivity contribution in [3.63, 3.8) is 0 Å². The molecule has 0 fully saturated rings. The zero-order valence-electron chi connectivity index (χ0n) is 7.44. The third-order valence-electron chi connectivity index (χ3n) is 1.32. The van der Waals surface area contributed by atoms with Crippen LogP contribution in [-0.4, -0.2) is 33.1 Å². The first-order valence-corrected chi connectivity index (χ1v) is 5.50. The Morgan fingerprint density at radius 2 is 1.86 bits per heavy atom. The molecule has 1 N–H and O–H groups in total. The normalized spacial score (nSPS) is 13.6. The highest BCUT2D eigenvalue weighted by molar-refractivity contribution is 7.89. The average Bonchev–Trinajstić information content (AvgIpc) is 2.01. The highest BCUT2D eigenvalue weighted by atomic mass is 32.2. The molecular formula is C6H11F4NO2S. The molecule has 0 aromatic carbocycles. The molecule has 14 heavy (non-hydrogen) atoms. The molecule has 0 amide bonds. The number of alkyl halides is 4. The molecule has 0 heterocycles. The van der Waals surface area contributed by atoms with Gasteiger partial charge in [0.05, 0.1) is 12.3 Å². The zero-order chi connectivity index (χ0) is 11.4. The van der Waals surface area contributed by atoms with Crippen LogP contribution in [0.15, 0.2) is 0 Å². The fourth-order valence-electron chi connectivity index (χ4n) is 0.624. The smallest absolute Gasteiger partial charge is 0.212 e. The minimum absolute atomic E-state index is 0.232. The van der Waals surface area contributed by atoms with Gasteiger partial charge in [0, 0.05) is 0 Å². The van der Waals surface area contributed by atoms with E-state index in [9.17, 15) is 26.0 Å². The Kier molecular flexibility index (Phi) is 4.79. The van der Waals surface area contributed by atoms with E-state index in [4.69, 9.17) is 0 Å². The second kappa shape index (κ2) is 4.92. The number of hydrogen-bond donors (Lipinski definition) is 1. The summed E-state index contributed by atoms with van der Waals surface area (Å²) in [6.45, 7) is -0.0303. The summed E-state index contributed by atoms with van der Waals surface area (Å²) in [5, 5.41) is 0. The minimum Gasteiger partial charge on any atom is -0.212 e. The standard InChI is InChI=1S/C6H11F4NO2S/c1-2-3-14(12,13)11-4-6(9,10)5(7)8/h5,11H,2-4H2,1H3. The molecule has 8 heteroatoms. The van der Waals surface area contributed by atoms with Crippen molar-refractivity contribution in [3.8, 4) is 0 Å². The van der Waals surface area contributed by atoms with Crippen molar-refractivity contribution in [1.29, 1.82) is 0 Å². The Labute approximate surface area is 79.5 Å². The lowest BCUT2D eigenvalue weighted by atomic mass is 10.4. The van der Waals surface area contributed by atoms with Crippen LogP contribution in [0.3, 0.4) is 0 Å². The van der Waals surface area contributed by atoms with Gasteiger partial charge in [-0.25, -0.2) is 21.9 Å². The van der Waals surface area contributed by atoms with E-state index < -0.39 is 28.9 Å². The topological polar surface area (TPSA) is 46.2 Å². The van der Waals surface area contributed by atoms with Crippen molar-refractivity contribution < 1.29 is 26.0 Å². The molecule has 0 saturated heterocycles. The van der Waals surface area contributed by atoms with Gasteiger partial charge in [0.2, 0.25) is 10.0 Å². The second-order valence-electron chi connectivity index (χ2n) is 2.70. The van der Waals surface area contributed by atoms with Crippen molar-refractivity contribution in [3.05, 3.63) is 0 Å². The summed E-state index contributed by atoms with van der Waals surface area (Å²) in [4.78, 5) is 0. The van der Waals surface area contributed by atoms with Gasteiger partial charge < -0.3 is 0 Å². The van der Waals surface area contributed by atoms with Crippen LogP contribution in [0.2, 0.25) is 0 Å². The summed E-state index contributed by atoms with van der Waals surface area (Å²) in [5.74, 6) is -4.67. The molecule has 0 rings (SSSR count). The molecule has 0 aliphatic rings. The Morgan fingerprint density at radius 3 is 2.21 bits per heavy atom. The summed E-state index contributed by atoms with van der Waals surface area (Å²) in [6, 6.07) is 0. The minimum atomic E-state index is -4.32. The zero-order valence-corrected chi connectivity index (χ0v) is 8.25. The predicted molar refractivity (Wildman–Crippen MR) is 43.0 cm³/mol. The molecule has 0 aliphatic heterocycles. The van der Waals surface area contributed by atoms with E-state index in [1.165, 1.54) is 11.6 Å². The van der Waals surface area contributed by atoms with Crippen molar-refractivity contribution in [1.82, 2.24) is 4.72 Å². The van der Waals surface area contributed by atoms with Gasteiger partial charge in [0.25, 0.3) is 0 Å². The largest absolute Gasteiger partial charge is 0.320 e. The molecule has 0 aromatic heterocycles. The highest BCUT2D eigenvalue weighted by Crippen LogP contribution is 2.21. The number of halogens is 4. The maximum Gasteiger partial charge on any atom is 0.320 e. The van der Waals surface area contributed by atoms with Crippen LogP contribution < -0.4 is 4.72 Å². The van der Waals surface area contributed by atoms with Crippen LogP contribution in [0.5, 0.6) is 0 Å². The molecular weight excluding hydrogens is 226 g/mol. The van der Waals surface area contributed by atoms with E-state index in [0.717, 1.165) is 0 Å². The van der Waals surface area contributed by atoms with Gasteiger partial charge in [-0.15, -0.1) is 0 Å². The number of sulfonamides is 1. The molecule has 0 spiro atoms. The third-order valence-corrected chi connectivity index (χ3v) is 2.85. The first kappa shape index (κ1) is 13.6. The van der Waals surface area contributed by atoms with Gasteiger partial charge in [-0.05, 0) is 6.42 Å². The highest BCUT2D eigenvalue weighted by Gasteiger charge is 2.41. The maximum absolute atomic E-state index is 12.2. The van der Waals surface area contributed by atoms with Crippen molar-refractivity contribution in [2.75, 3.05) is 12.3 Å². The van der Waals surface area contributed by atoms with Crippen LogP contribution in [0, 0.1) is 0 Å². The van der Waals surface area contributed by atoms with Gasteiger partial charge in [-0.1, -0.05) is 6.92 Å². The third kappa shape index (κ3) is 4.75. The van der Waals surface area contributed by atoms with Gasteiger partial charge in [0.15, 0.2) is 0 Å². The summed E-state index contributed by atoms with van der Waals surface area (Å²) in [5.41, 5.74) is 0. The molecule has 86 valence electrons.